The van der Waals surface area contributed by atoms with Crippen molar-refractivity contribution in [2.45, 2.75) is 20.3 Å². The summed E-state index contributed by atoms with van der Waals surface area (Å²) in [6.45, 7) is 4.42. The molecule has 0 atom stereocenters. The number of hydrogen-bond acceptors (Lipinski definition) is 3. The number of carbonyl (C=O) groups is 2. The van der Waals surface area contributed by atoms with Crippen LogP contribution in [0.1, 0.15) is 29.3 Å². The Kier molecular flexibility index (Phi) is 5.95. The SMILES string of the molecule is CCCN(CC(=O)Nc1ccccc1C)C(=O)c1cccc(N)c1. The zero-order valence-corrected chi connectivity index (χ0v) is 14.1. The van der Waals surface area contributed by atoms with E-state index in [9.17, 15) is 9.59 Å². The fraction of sp³-hybridized carbons (Fsp3) is 0.263. The summed E-state index contributed by atoms with van der Waals surface area (Å²) < 4.78 is 0. The van der Waals surface area contributed by atoms with Gasteiger partial charge in [0.15, 0.2) is 0 Å². The van der Waals surface area contributed by atoms with E-state index < -0.39 is 0 Å². The molecular formula is C19H23N3O2. The summed E-state index contributed by atoms with van der Waals surface area (Å²) in [5, 5.41) is 2.86. The Morgan fingerprint density at radius 1 is 1.12 bits per heavy atom. The zero-order valence-electron chi connectivity index (χ0n) is 14.1. The molecule has 126 valence electrons. The predicted octanol–water partition coefficient (Wildman–Crippen LogP) is 3.07. The maximum atomic E-state index is 12.6. The van der Waals surface area contributed by atoms with E-state index in [1.165, 1.54) is 0 Å². The van der Waals surface area contributed by atoms with Crippen molar-refractivity contribution >= 4 is 23.2 Å². The van der Waals surface area contributed by atoms with Gasteiger partial charge in [-0.1, -0.05) is 31.2 Å². The number of nitrogens with two attached hydrogens (primary N) is 1. The molecule has 2 amide bonds. The van der Waals surface area contributed by atoms with Crippen LogP contribution in [0.2, 0.25) is 0 Å². The van der Waals surface area contributed by atoms with Gasteiger partial charge in [0, 0.05) is 23.5 Å². The average molecular weight is 325 g/mol. The molecule has 0 unspecified atom stereocenters. The molecule has 0 heterocycles. The number of nitrogens with one attached hydrogen (secondary N) is 1. The monoisotopic (exact) mass is 325 g/mol. The van der Waals surface area contributed by atoms with Gasteiger partial charge in [-0.15, -0.1) is 0 Å². The van der Waals surface area contributed by atoms with Crippen LogP contribution >= 0.6 is 0 Å². The highest BCUT2D eigenvalue weighted by Crippen LogP contribution is 2.14. The van der Waals surface area contributed by atoms with Crippen LogP contribution in [0.4, 0.5) is 11.4 Å². The molecule has 0 bridgehead atoms. The molecule has 3 N–H and O–H groups in total. The van der Waals surface area contributed by atoms with Gasteiger partial charge >= 0.3 is 0 Å². The Morgan fingerprint density at radius 2 is 1.88 bits per heavy atom. The summed E-state index contributed by atoms with van der Waals surface area (Å²) in [6, 6.07) is 14.4. The molecule has 0 fully saturated rings. The number of rotatable bonds is 6. The van der Waals surface area contributed by atoms with Crippen LogP contribution < -0.4 is 11.1 Å². The molecule has 0 aromatic heterocycles. The number of hydrogen-bond donors (Lipinski definition) is 2. The van der Waals surface area contributed by atoms with Gasteiger partial charge in [0.1, 0.15) is 6.54 Å². The summed E-state index contributed by atoms with van der Waals surface area (Å²) in [4.78, 5) is 26.5. The van der Waals surface area contributed by atoms with E-state index in [1.807, 2.05) is 38.1 Å². The fourth-order valence-electron chi connectivity index (χ4n) is 2.45. The van der Waals surface area contributed by atoms with Crippen LogP contribution in [0, 0.1) is 6.92 Å². The van der Waals surface area contributed by atoms with Crippen LogP contribution in [0.3, 0.4) is 0 Å². The van der Waals surface area contributed by atoms with Gasteiger partial charge in [-0.2, -0.15) is 0 Å². The van der Waals surface area contributed by atoms with Gasteiger partial charge in [-0.05, 0) is 43.2 Å². The first-order valence-electron chi connectivity index (χ1n) is 8.01. The molecule has 0 saturated carbocycles. The van der Waals surface area contributed by atoms with Crippen molar-refractivity contribution in [3.8, 4) is 0 Å². The quantitative estimate of drug-likeness (QED) is 0.802. The summed E-state index contributed by atoms with van der Waals surface area (Å²) in [5.41, 5.74) is 8.50. The predicted molar refractivity (Wildman–Crippen MR) is 96.9 cm³/mol. The highest BCUT2D eigenvalue weighted by molar-refractivity contribution is 6.00. The van der Waals surface area contributed by atoms with E-state index in [0.29, 0.717) is 17.8 Å². The molecule has 2 rings (SSSR count). The van der Waals surface area contributed by atoms with Crippen molar-refractivity contribution in [2.24, 2.45) is 0 Å². The van der Waals surface area contributed by atoms with E-state index in [1.54, 1.807) is 29.2 Å². The first-order valence-corrected chi connectivity index (χ1v) is 8.01. The number of anilines is 2. The molecule has 5 heteroatoms. The topological polar surface area (TPSA) is 75.4 Å². The van der Waals surface area contributed by atoms with Crippen LogP contribution in [-0.2, 0) is 4.79 Å². The van der Waals surface area contributed by atoms with Gasteiger partial charge in [0.2, 0.25) is 5.91 Å². The van der Waals surface area contributed by atoms with Crippen molar-refractivity contribution in [1.82, 2.24) is 4.90 Å². The largest absolute Gasteiger partial charge is 0.399 e. The molecule has 5 nitrogen and oxygen atoms in total. The lowest BCUT2D eigenvalue weighted by atomic mass is 10.1. The average Bonchev–Trinajstić information content (AvgIpc) is 2.56. The first-order chi connectivity index (χ1) is 11.5. The molecule has 2 aromatic rings. The number of aryl methyl sites for hydroxylation is 1. The third-order valence-electron chi connectivity index (χ3n) is 3.67. The molecule has 0 radical (unpaired) electrons. The normalized spacial score (nSPS) is 10.2. The molecule has 0 aliphatic heterocycles. The molecule has 24 heavy (non-hydrogen) atoms. The van der Waals surface area contributed by atoms with Gasteiger partial charge < -0.3 is 16.0 Å². The highest BCUT2D eigenvalue weighted by Gasteiger charge is 2.18. The van der Waals surface area contributed by atoms with Gasteiger partial charge in [0.25, 0.3) is 5.91 Å². The van der Waals surface area contributed by atoms with Crippen molar-refractivity contribution < 1.29 is 9.59 Å². The molecular weight excluding hydrogens is 302 g/mol. The zero-order chi connectivity index (χ0) is 17.5. The lowest BCUT2D eigenvalue weighted by molar-refractivity contribution is -0.116. The van der Waals surface area contributed by atoms with Crippen molar-refractivity contribution in [2.75, 3.05) is 24.1 Å². The van der Waals surface area contributed by atoms with Crippen LogP contribution in [-0.4, -0.2) is 29.8 Å². The third kappa shape index (κ3) is 4.59. The number of amides is 2. The van der Waals surface area contributed by atoms with E-state index in [0.717, 1.165) is 17.7 Å². The maximum Gasteiger partial charge on any atom is 0.254 e. The second-order valence-electron chi connectivity index (χ2n) is 5.72. The Hall–Kier alpha value is -2.82. The summed E-state index contributed by atoms with van der Waals surface area (Å²) in [7, 11) is 0. The van der Waals surface area contributed by atoms with Gasteiger partial charge in [-0.3, -0.25) is 9.59 Å². The molecule has 0 spiro atoms. The lowest BCUT2D eigenvalue weighted by Gasteiger charge is -2.22. The Bertz CT molecular complexity index is 728. The Labute approximate surface area is 142 Å². The van der Waals surface area contributed by atoms with E-state index in [2.05, 4.69) is 5.32 Å². The molecule has 0 saturated heterocycles. The summed E-state index contributed by atoms with van der Waals surface area (Å²) >= 11 is 0. The fourth-order valence-corrected chi connectivity index (χ4v) is 2.45. The highest BCUT2D eigenvalue weighted by atomic mass is 16.2. The van der Waals surface area contributed by atoms with Gasteiger partial charge in [0.05, 0.1) is 0 Å². The summed E-state index contributed by atoms with van der Waals surface area (Å²) in [6.07, 6.45) is 0.770. The Morgan fingerprint density at radius 3 is 2.54 bits per heavy atom. The number of benzene rings is 2. The minimum atomic E-state index is -0.213. The molecule has 0 aliphatic carbocycles. The third-order valence-corrected chi connectivity index (χ3v) is 3.67. The minimum absolute atomic E-state index is 0.00973. The molecule has 0 aliphatic rings. The van der Waals surface area contributed by atoms with Crippen molar-refractivity contribution in [3.05, 3.63) is 59.7 Å². The van der Waals surface area contributed by atoms with Crippen LogP contribution in [0.25, 0.3) is 0 Å². The molecule has 2 aromatic carbocycles. The van der Waals surface area contributed by atoms with Crippen molar-refractivity contribution in [1.29, 1.82) is 0 Å². The second kappa shape index (κ2) is 8.15. The number of nitrogen functional groups attached to an aromatic ring is 1. The van der Waals surface area contributed by atoms with E-state index >= 15 is 0 Å². The first kappa shape index (κ1) is 17.5. The van der Waals surface area contributed by atoms with Crippen LogP contribution in [0.15, 0.2) is 48.5 Å². The summed E-state index contributed by atoms with van der Waals surface area (Å²) in [5.74, 6) is -0.404. The smallest absolute Gasteiger partial charge is 0.254 e. The lowest BCUT2D eigenvalue weighted by Crippen LogP contribution is -2.38. The minimum Gasteiger partial charge on any atom is -0.399 e. The van der Waals surface area contributed by atoms with E-state index in [-0.39, 0.29) is 18.4 Å². The van der Waals surface area contributed by atoms with Crippen molar-refractivity contribution in [3.63, 3.8) is 0 Å². The number of nitrogens with zero attached hydrogens (tertiary/aromatic N) is 1. The standard InChI is InChI=1S/C19H23N3O2/c1-3-11-22(19(24)15-8-6-9-16(20)12-15)13-18(23)21-17-10-5-4-7-14(17)2/h4-10,12H,3,11,13,20H2,1-2H3,(H,21,23). The van der Waals surface area contributed by atoms with Crippen LogP contribution in [0.5, 0.6) is 0 Å². The van der Waals surface area contributed by atoms with Gasteiger partial charge in [-0.25, -0.2) is 0 Å². The number of para-hydroxylation sites is 1. The maximum absolute atomic E-state index is 12.6. The second-order valence-corrected chi connectivity index (χ2v) is 5.72. The number of carbonyl (C=O) groups excluding carboxylic acids is 2. The van der Waals surface area contributed by atoms with E-state index in [4.69, 9.17) is 5.73 Å². The Balaban J connectivity index is 2.09.